The van der Waals surface area contributed by atoms with Crippen molar-refractivity contribution in [2.75, 3.05) is 9.44 Å². The molecule has 0 radical (unpaired) electrons. The predicted molar refractivity (Wildman–Crippen MR) is 114 cm³/mol. The largest absolute Gasteiger partial charge is 0.279 e. The van der Waals surface area contributed by atoms with Gasteiger partial charge < -0.3 is 0 Å². The zero-order chi connectivity index (χ0) is 21.0. The van der Waals surface area contributed by atoms with Crippen molar-refractivity contribution in [2.24, 2.45) is 0 Å². The summed E-state index contributed by atoms with van der Waals surface area (Å²) in [5, 5.41) is 0. The van der Waals surface area contributed by atoms with E-state index in [-0.39, 0.29) is 9.79 Å². The van der Waals surface area contributed by atoms with Crippen LogP contribution in [0.3, 0.4) is 0 Å². The summed E-state index contributed by atoms with van der Waals surface area (Å²) >= 11 is 0. The van der Waals surface area contributed by atoms with Crippen LogP contribution in [0.2, 0.25) is 0 Å². The van der Waals surface area contributed by atoms with Gasteiger partial charge in [0.1, 0.15) is 0 Å². The highest BCUT2D eigenvalue weighted by Crippen LogP contribution is 2.45. The Balaban J connectivity index is 1.88. The minimum Gasteiger partial charge on any atom is -0.279 e. The molecule has 0 fully saturated rings. The number of aryl methyl sites for hydroxylation is 2. The summed E-state index contributed by atoms with van der Waals surface area (Å²) in [5.41, 5.74) is 4.36. The zero-order valence-corrected chi connectivity index (χ0v) is 17.8. The summed E-state index contributed by atoms with van der Waals surface area (Å²) in [6, 6.07) is 14.9. The van der Waals surface area contributed by atoms with Crippen molar-refractivity contribution in [1.29, 1.82) is 0 Å². The molecule has 1 aliphatic rings. The molecule has 1 heterocycles. The average molecular weight is 429 g/mol. The van der Waals surface area contributed by atoms with E-state index in [1.165, 1.54) is 0 Å². The van der Waals surface area contributed by atoms with Gasteiger partial charge in [0.05, 0.1) is 21.2 Å². The lowest BCUT2D eigenvalue weighted by Crippen LogP contribution is -2.21. The number of benzene rings is 3. The van der Waals surface area contributed by atoms with Gasteiger partial charge in [0.25, 0.3) is 20.0 Å². The first-order valence-corrected chi connectivity index (χ1v) is 11.9. The molecule has 3 aromatic carbocycles. The van der Waals surface area contributed by atoms with Crippen LogP contribution in [-0.2, 0) is 20.0 Å². The molecule has 2 N–H and O–H groups in total. The SMILES string of the molecule is Cc1ccc(S(=O)(=O)Nc2cc(C)c3c(c2C)-c2ccccc2S(=O)(=O)N3)cc1. The fraction of sp³-hybridized carbons (Fsp3) is 0.143. The molecule has 4 rings (SSSR count). The Kier molecular flexibility index (Phi) is 4.43. The molecule has 3 aromatic rings. The maximum Gasteiger partial charge on any atom is 0.262 e. The van der Waals surface area contributed by atoms with Crippen molar-refractivity contribution in [3.63, 3.8) is 0 Å². The molecule has 0 aromatic heterocycles. The Bertz CT molecular complexity index is 1340. The zero-order valence-electron chi connectivity index (χ0n) is 16.1. The number of nitrogens with one attached hydrogen (secondary N) is 2. The third-order valence-electron chi connectivity index (χ3n) is 5.04. The quantitative estimate of drug-likeness (QED) is 0.654. The van der Waals surface area contributed by atoms with Crippen molar-refractivity contribution in [3.8, 4) is 11.1 Å². The summed E-state index contributed by atoms with van der Waals surface area (Å²) in [6.45, 7) is 5.42. The molecule has 29 heavy (non-hydrogen) atoms. The van der Waals surface area contributed by atoms with E-state index in [4.69, 9.17) is 0 Å². The molecule has 1 aliphatic heterocycles. The minimum absolute atomic E-state index is 0.166. The van der Waals surface area contributed by atoms with Gasteiger partial charge in [-0.2, -0.15) is 0 Å². The first-order chi connectivity index (χ1) is 13.6. The minimum atomic E-state index is -3.78. The average Bonchev–Trinajstić information content (AvgIpc) is 2.66. The van der Waals surface area contributed by atoms with E-state index in [2.05, 4.69) is 9.44 Å². The maximum atomic E-state index is 12.9. The fourth-order valence-corrected chi connectivity index (χ4v) is 5.98. The van der Waals surface area contributed by atoms with Gasteiger partial charge in [0.15, 0.2) is 0 Å². The summed E-state index contributed by atoms with van der Waals surface area (Å²) < 4.78 is 56.2. The van der Waals surface area contributed by atoms with Crippen LogP contribution >= 0.6 is 0 Å². The first-order valence-electron chi connectivity index (χ1n) is 8.96. The lowest BCUT2D eigenvalue weighted by Gasteiger charge is -2.26. The third-order valence-corrected chi connectivity index (χ3v) is 7.83. The van der Waals surface area contributed by atoms with Gasteiger partial charge in [-0.15, -0.1) is 0 Å². The number of fused-ring (bicyclic) bond motifs is 3. The van der Waals surface area contributed by atoms with Gasteiger partial charge in [-0.25, -0.2) is 16.8 Å². The predicted octanol–water partition coefficient (Wildman–Crippen LogP) is 4.19. The van der Waals surface area contributed by atoms with E-state index in [1.54, 1.807) is 68.4 Å². The fourth-order valence-electron chi connectivity index (χ4n) is 3.51. The summed E-state index contributed by atoms with van der Waals surface area (Å²) in [7, 11) is -7.46. The second kappa shape index (κ2) is 6.60. The van der Waals surface area contributed by atoms with Crippen molar-refractivity contribution >= 4 is 31.4 Å². The van der Waals surface area contributed by atoms with E-state index in [0.29, 0.717) is 33.6 Å². The van der Waals surface area contributed by atoms with Crippen LogP contribution in [0, 0.1) is 20.8 Å². The van der Waals surface area contributed by atoms with Crippen molar-refractivity contribution in [1.82, 2.24) is 0 Å². The lowest BCUT2D eigenvalue weighted by atomic mass is 9.94. The van der Waals surface area contributed by atoms with Gasteiger partial charge in [-0.3, -0.25) is 9.44 Å². The normalized spacial score (nSPS) is 14.4. The van der Waals surface area contributed by atoms with E-state index < -0.39 is 20.0 Å². The van der Waals surface area contributed by atoms with E-state index in [9.17, 15) is 16.8 Å². The molecule has 0 spiro atoms. The molecule has 0 atom stereocenters. The number of rotatable bonds is 3. The van der Waals surface area contributed by atoms with Gasteiger partial charge in [0.2, 0.25) is 0 Å². The van der Waals surface area contributed by atoms with E-state index >= 15 is 0 Å². The second-order valence-corrected chi connectivity index (χ2v) is 10.5. The van der Waals surface area contributed by atoms with Crippen molar-refractivity contribution < 1.29 is 16.8 Å². The molecule has 0 saturated carbocycles. The van der Waals surface area contributed by atoms with Crippen LogP contribution in [0.4, 0.5) is 11.4 Å². The molecule has 150 valence electrons. The van der Waals surface area contributed by atoms with Crippen LogP contribution in [0.25, 0.3) is 11.1 Å². The molecule has 0 aliphatic carbocycles. The molecule has 0 bridgehead atoms. The number of hydrogen-bond acceptors (Lipinski definition) is 4. The summed E-state index contributed by atoms with van der Waals surface area (Å²) in [6.07, 6.45) is 0. The van der Waals surface area contributed by atoms with Crippen LogP contribution < -0.4 is 9.44 Å². The van der Waals surface area contributed by atoms with E-state index in [1.807, 2.05) is 6.92 Å². The van der Waals surface area contributed by atoms with Gasteiger partial charge in [-0.05, 0) is 56.2 Å². The molecule has 0 amide bonds. The number of anilines is 2. The highest BCUT2D eigenvalue weighted by molar-refractivity contribution is 7.93. The smallest absolute Gasteiger partial charge is 0.262 e. The van der Waals surface area contributed by atoms with Crippen LogP contribution in [0.15, 0.2) is 64.4 Å². The Hall–Kier alpha value is -2.84. The van der Waals surface area contributed by atoms with Gasteiger partial charge in [0, 0.05) is 11.1 Å². The monoisotopic (exact) mass is 428 g/mol. The van der Waals surface area contributed by atoms with Crippen LogP contribution in [0.1, 0.15) is 16.7 Å². The highest BCUT2D eigenvalue weighted by atomic mass is 32.2. The Morgan fingerprint density at radius 3 is 2.28 bits per heavy atom. The topological polar surface area (TPSA) is 92.3 Å². The maximum absolute atomic E-state index is 12.9. The summed E-state index contributed by atoms with van der Waals surface area (Å²) in [4.78, 5) is 0.340. The number of hydrogen-bond donors (Lipinski definition) is 2. The lowest BCUT2D eigenvalue weighted by molar-refractivity contribution is 0.599. The van der Waals surface area contributed by atoms with Crippen molar-refractivity contribution in [3.05, 3.63) is 71.3 Å². The molecular formula is C21H20N2O4S2. The third kappa shape index (κ3) is 3.28. The first kappa shape index (κ1) is 19.5. The molecule has 0 saturated heterocycles. The second-order valence-electron chi connectivity index (χ2n) is 7.14. The molecule has 6 nitrogen and oxygen atoms in total. The Labute approximate surface area is 170 Å². The van der Waals surface area contributed by atoms with Crippen LogP contribution in [-0.4, -0.2) is 16.8 Å². The standard InChI is InChI=1S/C21H20N2O4S2/c1-13-8-10-16(11-9-13)28(24,25)22-18-12-14(2)21-20(15(18)3)17-6-4-5-7-19(17)29(26,27)23-21/h4-12,22-23H,1-3H3. The molecule has 8 heteroatoms. The highest BCUT2D eigenvalue weighted by Gasteiger charge is 2.30. The Morgan fingerprint density at radius 1 is 0.931 bits per heavy atom. The van der Waals surface area contributed by atoms with Gasteiger partial charge in [-0.1, -0.05) is 35.9 Å². The van der Waals surface area contributed by atoms with Gasteiger partial charge >= 0.3 is 0 Å². The van der Waals surface area contributed by atoms with E-state index in [0.717, 1.165) is 5.56 Å². The van der Waals surface area contributed by atoms with Crippen molar-refractivity contribution in [2.45, 2.75) is 30.6 Å². The molecule has 0 unspecified atom stereocenters. The number of sulfonamides is 2. The van der Waals surface area contributed by atoms with Crippen LogP contribution in [0.5, 0.6) is 0 Å². The Morgan fingerprint density at radius 2 is 1.59 bits per heavy atom. The molecular weight excluding hydrogens is 408 g/mol. The summed E-state index contributed by atoms with van der Waals surface area (Å²) in [5.74, 6) is 0.